The molecule has 71 heavy (non-hydrogen) atoms. The lowest BCUT2D eigenvalue weighted by molar-refractivity contribution is -0.136. The molecule has 10 rings (SSSR count). The molecule has 6 aromatic rings. The molecule has 2 aliphatic carbocycles. The zero-order valence-electron chi connectivity index (χ0n) is 38.0. The van der Waals surface area contributed by atoms with Crippen LogP contribution in [0.2, 0.25) is 0 Å². The molecule has 2 aliphatic heterocycles. The second kappa shape index (κ2) is 17.5. The third kappa shape index (κ3) is 8.80. The molecular weight excluding hydrogens is 933 g/mol. The number of imide groups is 2. The van der Waals surface area contributed by atoms with E-state index in [4.69, 9.17) is 11.0 Å². The maximum absolute atomic E-state index is 13.6. The van der Waals surface area contributed by atoms with Gasteiger partial charge >= 0.3 is 12.1 Å². The van der Waals surface area contributed by atoms with Gasteiger partial charge in [0.1, 0.15) is 51.2 Å². The quantitative estimate of drug-likeness (QED) is 0.0883. The van der Waals surface area contributed by atoms with E-state index in [1.54, 1.807) is 77.6 Å². The first kappa shape index (κ1) is 47.6. The molecule has 4 N–H and O–H groups in total. The van der Waals surface area contributed by atoms with Gasteiger partial charge in [-0.2, -0.15) is 5.26 Å². The van der Waals surface area contributed by atoms with Crippen LogP contribution in [0, 0.1) is 25.2 Å². The lowest BCUT2D eigenvalue weighted by Gasteiger charge is -2.34. The van der Waals surface area contributed by atoms with E-state index in [0.29, 0.717) is 45.4 Å². The predicted octanol–water partition coefficient (Wildman–Crippen LogP) is 5.79. The summed E-state index contributed by atoms with van der Waals surface area (Å²) in [5.74, 6) is -7.38. The zero-order valence-corrected chi connectivity index (χ0v) is 38.0. The molecular formula is C48H42F4N12O7. The number of primary amides is 1. The number of fused-ring (bicyclic) bond motifs is 2. The minimum Gasteiger partial charge on any atom is -0.364 e. The van der Waals surface area contributed by atoms with Crippen LogP contribution in [0.4, 0.5) is 27.2 Å². The molecule has 2 spiro atoms. The highest BCUT2D eigenvalue weighted by Crippen LogP contribution is 2.43. The topological polar surface area (TPSA) is 261 Å². The summed E-state index contributed by atoms with van der Waals surface area (Å²) in [4.78, 5) is 107. The third-order valence-corrected chi connectivity index (χ3v) is 13.4. The average molecular weight is 975 g/mol. The number of benzene rings is 2. The van der Waals surface area contributed by atoms with Crippen molar-refractivity contribution >= 4 is 63.7 Å². The second-order valence-corrected chi connectivity index (χ2v) is 18.0. The number of nitrogens with two attached hydrogens (primary N) is 1. The summed E-state index contributed by atoms with van der Waals surface area (Å²) in [5.41, 5.74) is 6.86. The van der Waals surface area contributed by atoms with Gasteiger partial charge in [-0.15, -0.1) is 0 Å². The normalized spacial score (nSPS) is 18.6. The Morgan fingerprint density at radius 1 is 0.592 bits per heavy atom. The second-order valence-electron chi connectivity index (χ2n) is 18.0. The number of nitrogens with zero attached hydrogens (tertiary/aromatic N) is 9. The molecule has 4 aliphatic rings. The number of rotatable bonds is 9. The Bertz CT molecular complexity index is 3270. The van der Waals surface area contributed by atoms with Gasteiger partial charge < -0.3 is 16.4 Å². The number of nitrogens with one attached hydrogen (secondary N) is 2. The van der Waals surface area contributed by atoms with Crippen LogP contribution in [0.3, 0.4) is 0 Å². The van der Waals surface area contributed by atoms with E-state index < -0.39 is 103 Å². The Kier molecular flexibility index (Phi) is 11.8. The highest BCUT2D eigenvalue weighted by atomic mass is 19.3. The van der Waals surface area contributed by atoms with Gasteiger partial charge in [0.2, 0.25) is 11.8 Å². The van der Waals surface area contributed by atoms with E-state index in [9.17, 15) is 51.1 Å². The van der Waals surface area contributed by atoms with Crippen molar-refractivity contribution in [1.29, 1.82) is 5.26 Å². The number of urea groups is 2. The van der Waals surface area contributed by atoms with Crippen LogP contribution >= 0.6 is 0 Å². The number of Topliss-reactive ketones (excluding diaryl/α,β-unsaturated/α-hetero) is 2. The summed E-state index contributed by atoms with van der Waals surface area (Å²) in [7, 11) is 0. The van der Waals surface area contributed by atoms with Crippen LogP contribution in [0.15, 0.2) is 72.8 Å². The van der Waals surface area contributed by atoms with E-state index in [2.05, 4.69) is 30.6 Å². The first-order chi connectivity index (χ1) is 33.6. The number of pyridine rings is 2. The van der Waals surface area contributed by atoms with Gasteiger partial charge in [-0.3, -0.25) is 42.9 Å². The number of nitriles is 1. The highest BCUT2D eigenvalue weighted by Gasteiger charge is 2.57. The monoisotopic (exact) mass is 974 g/mol. The molecule has 4 aromatic heterocycles. The van der Waals surface area contributed by atoms with Crippen LogP contribution in [0.5, 0.6) is 0 Å². The van der Waals surface area contributed by atoms with Gasteiger partial charge in [0.25, 0.3) is 17.7 Å². The van der Waals surface area contributed by atoms with Crippen LogP contribution in [-0.4, -0.2) is 116 Å². The van der Waals surface area contributed by atoms with E-state index >= 15 is 0 Å². The standard InChI is InChI=1S/C24H22F2N6O4.C24H20F2N6O3/c1-13-28-17-7-6-16(19(27)34)29-20(17)32(13)15-4-2-14(3-5-15)18(33)12-31-21(35)23(30-22(31)36)8-10-24(25,26)11-9-23;1-14-28-18-7-4-16(12-27)29-20(18)32(14)17-5-2-15(3-6-17)19(33)13-31-21(34)23(30-22(31)35)8-10-24(25,26)11-9-23/h2-7H,8-12H2,1H3,(H2,27,34)(H,30,36);2-7H,8-11,13H2,1H3,(H,30,35). The molecule has 2 saturated carbocycles. The number of carbonyl (C=O) groups is 7. The van der Waals surface area contributed by atoms with Crippen LogP contribution in [0.1, 0.15) is 99.9 Å². The van der Waals surface area contributed by atoms with Crippen molar-refractivity contribution in [3.05, 3.63) is 107 Å². The van der Waals surface area contributed by atoms with Gasteiger partial charge in [0.05, 0.1) is 13.1 Å². The lowest BCUT2D eigenvalue weighted by Crippen LogP contribution is -2.51. The van der Waals surface area contributed by atoms with Crippen molar-refractivity contribution in [1.82, 2.24) is 49.5 Å². The van der Waals surface area contributed by atoms with Crippen LogP contribution < -0.4 is 16.4 Å². The number of halogens is 4. The number of hydrogen-bond acceptors (Lipinski definition) is 12. The predicted molar refractivity (Wildman–Crippen MR) is 242 cm³/mol. The fraction of sp³-hybridized carbons (Fsp3) is 0.333. The van der Waals surface area contributed by atoms with Crippen molar-refractivity contribution in [2.75, 3.05) is 13.1 Å². The van der Waals surface area contributed by atoms with E-state index in [0.717, 1.165) is 9.80 Å². The molecule has 2 saturated heterocycles. The van der Waals surface area contributed by atoms with Crippen molar-refractivity contribution in [3.8, 4) is 17.4 Å². The van der Waals surface area contributed by atoms with Crippen molar-refractivity contribution in [2.45, 2.75) is 88.1 Å². The van der Waals surface area contributed by atoms with Crippen molar-refractivity contribution in [2.24, 2.45) is 5.73 Å². The summed E-state index contributed by atoms with van der Waals surface area (Å²) >= 11 is 0. The number of aryl methyl sites for hydroxylation is 2. The Hall–Kier alpha value is -8.42. The number of carbonyl (C=O) groups excluding carboxylic acids is 7. The van der Waals surface area contributed by atoms with Crippen LogP contribution in [0.25, 0.3) is 33.7 Å². The Morgan fingerprint density at radius 3 is 1.38 bits per heavy atom. The van der Waals surface area contributed by atoms with Gasteiger partial charge in [0.15, 0.2) is 22.9 Å². The highest BCUT2D eigenvalue weighted by molar-refractivity contribution is 6.12. The smallest absolute Gasteiger partial charge is 0.325 e. The first-order valence-electron chi connectivity index (χ1n) is 22.4. The number of alkyl halides is 4. The molecule has 7 amide bonds. The molecule has 6 heterocycles. The fourth-order valence-corrected chi connectivity index (χ4v) is 9.42. The Balaban J connectivity index is 0.000000176. The fourth-order valence-electron chi connectivity index (χ4n) is 9.42. The number of hydrogen-bond donors (Lipinski definition) is 3. The number of ketones is 2. The molecule has 364 valence electrons. The lowest BCUT2D eigenvalue weighted by atomic mass is 9.80. The summed E-state index contributed by atoms with van der Waals surface area (Å²) in [5, 5.41) is 14.2. The average Bonchev–Trinajstić information content (AvgIpc) is 4.00. The number of amides is 7. The molecule has 0 radical (unpaired) electrons. The summed E-state index contributed by atoms with van der Waals surface area (Å²) < 4.78 is 57.7. The molecule has 19 nitrogen and oxygen atoms in total. The zero-order chi connectivity index (χ0) is 50.8. The Labute approximate surface area is 400 Å². The molecule has 0 atom stereocenters. The minimum absolute atomic E-state index is 0.0865. The Morgan fingerprint density at radius 2 is 0.986 bits per heavy atom. The van der Waals surface area contributed by atoms with Gasteiger partial charge in [-0.25, -0.2) is 47.1 Å². The van der Waals surface area contributed by atoms with E-state index in [-0.39, 0.29) is 48.2 Å². The largest absolute Gasteiger partial charge is 0.364 e. The number of imidazole rings is 2. The third-order valence-electron chi connectivity index (χ3n) is 13.4. The van der Waals surface area contributed by atoms with Crippen LogP contribution in [-0.2, 0) is 9.59 Å². The maximum Gasteiger partial charge on any atom is 0.325 e. The van der Waals surface area contributed by atoms with Crippen molar-refractivity contribution < 1.29 is 51.1 Å². The summed E-state index contributed by atoms with van der Waals surface area (Å²) in [6.07, 6.45) is -2.65. The van der Waals surface area contributed by atoms with Gasteiger partial charge in [-0.1, -0.05) is 0 Å². The van der Waals surface area contributed by atoms with Gasteiger partial charge in [-0.05, 0) is 112 Å². The summed E-state index contributed by atoms with van der Waals surface area (Å²) in [6, 6.07) is 19.8. The molecule has 0 unspecified atom stereocenters. The van der Waals surface area contributed by atoms with Gasteiger partial charge in [0, 0.05) is 48.2 Å². The summed E-state index contributed by atoms with van der Waals surface area (Å²) in [6.45, 7) is 2.57. The number of aromatic nitrogens is 6. The molecule has 0 bridgehead atoms. The molecule has 4 fully saturated rings. The van der Waals surface area contributed by atoms with E-state index in [1.165, 1.54) is 18.2 Å². The first-order valence-corrected chi connectivity index (χ1v) is 22.4. The minimum atomic E-state index is -2.86. The maximum atomic E-state index is 13.6. The molecule has 23 heteroatoms. The molecule has 2 aromatic carbocycles. The SMILES string of the molecule is Cc1nc2ccc(C#N)nc2n1-c1ccc(C(=O)CN2C(=O)NC3(CCC(F)(F)CC3)C2=O)cc1.Cc1nc2ccc(C(N)=O)nc2n1-c1ccc(C(=O)CN2C(=O)NC3(CCC(F)(F)CC3)C2=O)cc1. The van der Waals surface area contributed by atoms with E-state index in [1.807, 2.05) is 6.07 Å². The van der Waals surface area contributed by atoms with Crippen molar-refractivity contribution in [3.63, 3.8) is 0 Å².